The van der Waals surface area contributed by atoms with Crippen molar-refractivity contribution in [2.24, 2.45) is 0 Å². The Kier molecular flexibility index (Phi) is 5.83. The molecule has 6 nitrogen and oxygen atoms in total. The van der Waals surface area contributed by atoms with Crippen LogP contribution in [0.1, 0.15) is 46.6 Å². The molecule has 0 unspecified atom stereocenters. The van der Waals surface area contributed by atoms with E-state index in [1.165, 1.54) is 35.5 Å². The fourth-order valence-corrected chi connectivity index (χ4v) is 4.01. The lowest BCUT2D eigenvalue weighted by molar-refractivity contribution is 0.102. The second-order valence-corrected chi connectivity index (χ2v) is 7.62. The van der Waals surface area contributed by atoms with Gasteiger partial charge in [-0.05, 0) is 25.5 Å². The Labute approximate surface area is 154 Å². The summed E-state index contributed by atoms with van der Waals surface area (Å²) < 4.78 is 0. The summed E-state index contributed by atoms with van der Waals surface area (Å²) in [6, 6.07) is 5.64. The average Bonchev–Trinajstić information content (AvgIpc) is 3.22. The number of nitrogens with zero attached hydrogens (tertiary/aromatic N) is 4. The Morgan fingerprint density at radius 2 is 2.08 bits per heavy atom. The van der Waals surface area contributed by atoms with Crippen LogP contribution in [-0.2, 0) is 6.42 Å². The van der Waals surface area contributed by atoms with E-state index in [0.29, 0.717) is 15.7 Å². The lowest BCUT2D eigenvalue weighted by Crippen LogP contribution is -2.11. The maximum Gasteiger partial charge on any atom is 0.269 e. The smallest absolute Gasteiger partial charge is 0.269 e. The molecule has 1 N–H and O–H groups in total. The number of anilines is 1. The minimum absolute atomic E-state index is 0.201. The van der Waals surface area contributed by atoms with Crippen LogP contribution in [0.3, 0.4) is 0 Å². The third-order valence-corrected chi connectivity index (χ3v) is 5.65. The number of carbonyl (C=O) groups excluding carboxylic acids is 1. The van der Waals surface area contributed by atoms with Gasteiger partial charge >= 0.3 is 0 Å². The third-order valence-electron chi connectivity index (χ3n) is 3.57. The molecule has 3 heterocycles. The highest BCUT2D eigenvalue weighted by Crippen LogP contribution is 2.27. The number of carbonyl (C=O) groups is 1. The zero-order valence-corrected chi connectivity index (χ0v) is 15.8. The Hall–Kier alpha value is -2.19. The van der Waals surface area contributed by atoms with E-state index in [-0.39, 0.29) is 5.91 Å². The van der Waals surface area contributed by atoms with Gasteiger partial charge in [0, 0.05) is 12.6 Å². The van der Waals surface area contributed by atoms with Gasteiger partial charge in [-0.15, -0.1) is 21.5 Å². The van der Waals surface area contributed by atoms with Crippen LogP contribution in [0.2, 0.25) is 0 Å². The fourth-order valence-electron chi connectivity index (χ4n) is 2.29. The Balaban J connectivity index is 1.68. The van der Waals surface area contributed by atoms with Crippen molar-refractivity contribution in [3.8, 4) is 10.7 Å². The molecule has 0 spiro atoms. The minimum atomic E-state index is -0.201. The molecule has 0 radical (unpaired) electrons. The van der Waals surface area contributed by atoms with Crippen molar-refractivity contribution in [3.63, 3.8) is 0 Å². The quantitative estimate of drug-likeness (QED) is 0.623. The van der Waals surface area contributed by atoms with Crippen molar-refractivity contribution in [3.05, 3.63) is 40.0 Å². The van der Waals surface area contributed by atoms with Gasteiger partial charge in [0.25, 0.3) is 5.91 Å². The lowest BCUT2D eigenvalue weighted by Gasteiger charge is -1.98. The maximum atomic E-state index is 12.5. The van der Waals surface area contributed by atoms with Crippen LogP contribution in [0.5, 0.6) is 0 Å². The van der Waals surface area contributed by atoms with Crippen LogP contribution in [0.4, 0.5) is 5.13 Å². The van der Waals surface area contributed by atoms with Gasteiger partial charge in [0.05, 0.1) is 11.4 Å². The van der Waals surface area contributed by atoms with Gasteiger partial charge in [-0.1, -0.05) is 37.2 Å². The normalized spacial score (nSPS) is 10.8. The number of aromatic nitrogens is 4. The number of hydrogen-bond acceptors (Lipinski definition) is 7. The maximum absolute atomic E-state index is 12.5. The number of unbranched alkanes of at least 4 members (excludes halogenated alkanes) is 2. The average molecular weight is 374 g/mol. The predicted octanol–water partition coefficient (Wildman–Crippen LogP) is 4.35. The van der Waals surface area contributed by atoms with Gasteiger partial charge < -0.3 is 0 Å². The topological polar surface area (TPSA) is 80.7 Å². The molecule has 0 atom stereocenters. The summed E-state index contributed by atoms with van der Waals surface area (Å²) in [6.45, 7) is 4.00. The highest BCUT2D eigenvalue weighted by Gasteiger charge is 2.18. The van der Waals surface area contributed by atoms with Gasteiger partial charge in [0.2, 0.25) is 5.13 Å². The molecule has 0 bridgehead atoms. The highest BCUT2D eigenvalue weighted by molar-refractivity contribution is 7.17. The van der Waals surface area contributed by atoms with Crippen LogP contribution in [0, 0.1) is 6.92 Å². The van der Waals surface area contributed by atoms with E-state index in [9.17, 15) is 4.79 Å². The molecule has 25 heavy (non-hydrogen) atoms. The highest BCUT2D eigenvalue weighted by atomic mass is 32.1. The van der Waals surface area contributed by atoms with Crippen LogP contribution in [-0.4, -0.2) is 26.1 Å². The largest absolute Gasteiger partial charge is 0.296 e. The first-order valence-corrected chi connectivity index (χ1v) is 9.83. The minimum Gasteiger partial charge on any atom is -0.296 e. The number of hydrogen-bond donors (Lipinski definition) is 1. The number of thiazole rings is 1. The number of rotatable bonds is 7. The van der Waals surface area contributed by atoms with Crippen molar-refractivity contribution in [2.75, 3.05) is 5.32 Å². The monoisotopic (exact) mass is 373 g/mol. The molecule has 3 aromatic rings. The Bertz CT molecular complexity index is 844. The van der Waals surface area contributed by atoms with Gasteiger partial charge in [0.15, 0.2) is 0 Å². The lowest BCUT2D eigenvalue weighted by atomic mass is 10.2. The van der Waals surface area contributed by atoms with Crippen molar-refractivity contribution in [1.82, 2.24) is 20.2 Å². The summed E-state index contributed by atoms with van der Waals surface area (Å²) in [5.74, 6) is -0.201. The van der Waals surface area contributed by atoms with E-state index in [4.69, 9.17) is 0 Å². The van der Waals surface area contributed by atoms with Crippen molar-refractivity contribution < 1.29 is 4.79 Å². The molecule has 1 amide bonds. The van der Waals surface area contributed by atoms with E-state index in [1.807, 2.05) is 25.1 Å². The molecule has 3 rings (SSSR count). The molecular weight excluding hydrogens is 354 g/mol. The molecule has 8 heteroatoms. The fraction of sp³-hybridized carbons (Fsp3) is 0.353. The van der Waals surface area contributed by atoms with Crippen LogP contribution >= 0.6 is 22.7 Å². The van der Waals surface area contributed by atoms with Crippen molar-refractivity contribution >= 4 is 33.7 Å². The van der Waals surface area contributed by atoms with Gasteiger partial charge in [-0.2, -0.15) is 0 Å². The van der Waals surface area contributed by atoms with Crippen LogP contribution in [0.25, 0.3) is 10.7 Å². The molecule has 0 fully saturated rings. The first-order chi connectivity index (χ1) is 12.2. The van der Waals surface area contributed by atoms with Crippen molar-refractivity contribution in [1.29, 1.82) is 0 Å². The second-order valence-electron chi connectivity index (χ2n) is 5.56. The van der Waals surface area contributed by atoms with E-state index in [1.54, 1.807) is 6.20 Å². The van der Waals surface area contributed by atoms with E-state index in [2.05, 4.69) is 32.4 Å². The first-order valence-electron chi connectivity index (χ1n) is 8.20. The molecule has 0 aliphatic rings. The van der Waals surface area contributed by atoms with Gasteiger partial charge in [0.1, 0.15) is 14.9 Å². The Morgan fingerprint density at radius 1 is 1.20 bits per heavy atom. The van der Waals surface area contributed by atoms with Crippen LogP contribution < -0.4 is 5.32 Å². The zero-order chi connectivity index (χ0) is 17.6. The van der Waals surface area contributed by atoms with Gasteiger partial charge in [-0.25, -0.2) is 4.98 Å². The molecular formula is C17H19N5OS2. The Morgan fingerprint density at radius 3 is 2.84 bits per heavy atom. The number of nitrogens with one attached hydrogen (secondary N) is 1. The number of aryl methyl sites for hydroxylation is 2. The molecule has 0 aromatic carbocycles. The summed E-state index contributed by atoms with van der Waals surface area (Å²) >= 11 is 2.77. The number of pyridine rings is 1. The molecule has 0 saturated carbocycles. The van der Waals surface area contributed by atoms with Crippen molar-refractivity contribution in [2.45, 2.75) is 39.5 Å². The third kappa shape index (κ3) is 4.46. The van der Waals surface area contributed by atoms with E-state index in [0.717, 1.165) is 28.6 Å². The number of amides is 1. The second kappa shape index (κ2) is 8.26. The van der Waals surface area contributed by atoms with E-state index < -0.39 is 0 Å². The SMILES string of the molecule is CCCCCc1nnc(NC(=O)c2sc(-c3ccccn3)nc2C)s1. The summed E-state index contributed by atoms with van der Waals surface area (Å²) in [4.78, 5) is 21.8. The van der Waals surface area contributed by atoms with E-state index >= 15 is 0 Å². The first kappa shape index (κ1) is 17.6. The molecule has 0 saturated heterocycles. The summed E-state index contributed by atoms with van der Waals surface area (Å²) in [6.07, 6.45) is 6.07. The molecule has 0 aliphatic heterocycles. The molecule has 3 aromatic heterocycles. The summed E-state index contributed by atoms with van der Waals surface area (Å²) in [7, 11) is 0. The predicted molar refractivity (Wildman–Crippen MR) is 101 cm³/mol. The molecule has 130 valence electrons. The summed E-state index contributed by atoms with van der Waals surface area (Å²) in [5, 5.41) is 13.3. The van der Waals surface area contributed by atoms with Crippen LogP contribution in [0.15, 0.2) is 24.4 Å². The van der Waals surface area contributed by atoms with Gasteiger partial charge in [-0.3, -0.25) is 15.1 Å². The standard InChI is InChI=1S/C17H19N5OS2/c1-3-4-5-9-13-21-22-17(24-13)20-15(23)14-11(2)19-16(25-14)12-8-6-7-10-18-12/h6-8,10H,3-5,9H2,1-2H3,(H,20,22,23). The zero-order valence-electron chi connectivity index (χ0n) is 14.2. The summed E-state index contributed by atoms with van der Waals surface area (Å²) in [5.41, 5.74) is 1.46. The molecule has 0 aliphatic carbocycles.